The van der Waals surface area contributed by atoms with Gasteiger partial charge in [0.2, 0.25) is 15.9 Å². The maximum absolute atomic E-state index is 13.0. The van der Waals surface area contributed by atoms with Crippen molar-refractivity contribution in [2.24, 2.45) is 0 Å². The van der Waals surface area contributed by atoms with Crippen molar-refractivity contribution < 1.29 is 30.8 Å². The second-order valence-corrected chi connectivity index (χ2v) is 7.36. The zero-order chi connectivity index (χ0) is 20.2. The Balaban J connectivity index is 2.09. The topological polar surface area (TPSA) is 75.3 Å². The molecule has 0 radical (unpaired) electrons. The third-order valence-electron chi connectivity index (χ3n) is 3.59. The second kappa shape index (κ2) is 8.05. The van der Waals surface area contributed by atoms with Crippen LogP contribution in [0.15, 0.2) is 53.4 Å². The monoisotopic (exact) mass is 404 g/mol. The van der Waals surface area contributed by atoms with E-state index in [1.165, 1.54) is 31.2 Å². The van der Waals surface area contributed by atoms with Crippen molar-refractivity contribution in [3.63, 3.8) is 0 Å². The molecule has 0 saturated heterocycles. The van der Waals surface area contributed by atoms with Crippen molar-refractivity contribution in [2.75, 3.05) is 0 Å². The van der Waals surface area contributed by atoms with Crippen LogP contribution in [0.5, 0.6) is 0 Å². The van der Waals surface area contributed by atoms with Crippen LogP contribution in [0.4, 0.5) is 17.6 Å². The molecule has 0 aliphatic heterocycles. The van der Waals surface area contributed by atoms with Gasteiger partial charge in [-0.3, -0.25) is 4.79 Å². The lowest BCUT2D eigenvalue weighted by Gasteiger charge is -2.17. The second-order valence-electron chi connectivity index (χ2n) is 5.68. The molecule has 0 bridgehead atoms. The van der Waals surface area contributed by atoms with Crippen LogP contribution < -0.4 is 10.0 Å². The minimum Gasteiger partial charge on any atom is -0.351 e. The van der Waals surface area contributed by atoms with Crippen molar-refractivity contribution in [3.8, 4) is 0 Å². The van der Waals surface area contributed by atoms with E-state index in [-0.39, 0.29) is 6.54 Å². The summed E-state index contributed by atoms with van der Waals surface area (Å²) in [7, 11) is -4.59. The molecule has 10 heteroatoms. The Morgan fingerprint density at radius 2 is 1.67 bits per heavy atom. The van der Waals surface area contributed by atoms with E-state index >= 15 is 0 Å². The molecule has 0 aromatic heterocycles. The van der Waals surface area contributed by atoms with Crippen LogP contribution in [0.25, 0.3) is 0 Å². The molecule has 0 fully saturated rings. The van der Waals surface area contributed by atoms with E-state index in [4.69, 9.17) is 0 Å². The number of nitrogens with one attached hydrogen (secondary N) is 2. The summed E-state index contributed by atoms with van der Waals surface area (Å²) >= 11 is 0. The van der Waals surface area contributed by atoms with Crippen molar-refractivity contribution >= 4 is 15.9 Å². The number of alkyl halides is 3. The number of hydrogen-bond acceptors (Lipinski definition) is 3. The van der Waals surface area contributed by atoms with E-state index in [1.807, 2.05) is 4.72 Å². The lowest BCUT2D eigenvalue weighted by atomic mass is 10.2. The van der Waals surface area contributed by atoms with Gasteiger partial charge in [-0.25, -0.2) is 12.8 Å². The first-order valence-electron chi connectivity index (χ1n) is 7.71. The fraction of sp³-hybridized carbons (Fsp3) is 0.235. The molecule has 146 valence electrons. The third kappa shape index (κ3) is 5.51. The van der Waals surface area contributed by atoms with E-state index in [2.05, 4.69) is 5.32 Å². The Morgan fingerprint density at radius 1 is 1.07 bits per heavy atom. The SMILES string of the molecule is C[C@H](NS(=O)(=O)c1ccccc1C(F)(F)F)C(=O)NCc1ccc(F)cc1. The smallest absolute Gasteiger partial charge is 0.351 e. The molecule has 0 unspecified atom stereocenters. The van der Waals surface area contributed by atoms with E-state index < -0.39 is 44.4 Å². The minimum absolute atomic E-state index is 0.00428. The Bertz CT molecular complexity index is 913. The summed E-state index contributed by atoms with van der Waals surface area (Å²) in [6.07, 6.45) is -4.86. The van der Waals surface area contributed by atoms with Gasteiger partial charge in [-0.15, -0.1) is 0 Å². The molecule has 2 aromatic carbocycles. The molecule has 1 atom stereocenters. The van der Waals surface area contributed by atoms with E-state index in [0.717, 1.165) is 18.2 Å². The van der Waals surface area contributed by atoms with Crippen LogP contribution in [-0.4, -0.2) is 20.4 Å². The summed E-state index contributed by atoms with van der Waals surface area (Å²) in [5.74, 6) is -1.19. The minimum atomic E-state index is -4.86. The van der Waals surface area contributed by atoms with Gasteiger partial charge in [-0.2, -0.15) is 17.9 Å². The van der Waals surface area contributed by atoms with Crippen LogP contribution in [0.2, 0.25) is 0 Å². The fourth-order valence-electron chi connectivity index (χ4n) is 2.23. The number of rotatable bonds is 6. The molecule has 5 nitrogen and oxygen atoms in total. The summed E-state index contributed by atoms with van der Waals surface area (Å²) in [6, 6.07) is 7.63. The highest BCUT2D eigenvalue weighted by atomic mass is 32.2. The highest BCUT2D eigenvalue weighted by molar-refractivity contribution is 7.89. The van der Waals surface area contributed by atoms with Crippen LogP contribution in [0.1, 0.15) is 18.1 Å². The maximum Gasteiger partial charge on any atom is 0.417 e. The largest absolute Gasteiger partial charge is 0.417 e. The van der Waals surface area contributed by atoms with Gasteiger partial charge < -0.3 is 5.32 Å². The quantitative estimate of drug-likeness (QED) is 0.727. The number of halogens is 4. The van der Waals surface area contributed by atoms with Crippen molar-refractivity contribution in [2.45, 2.75) is 30.6 Å². The molecule has 0 aliphatic carbocycles. The number of carbonyl (C=O) groups excluding carboxylic acids is 1. The molecular weight excluding hydrogens is 388 g/mol. The van der Waals surface area contributed by atoms with Crippen LogP contribution in [0, 0.1) is 5.82 Å². The highest BCUT2D eigenvalue weighted by Crippen LogP contribution is 2.33. The third-order valence-corrected chi connectivity index (χ3v) is 5.19. The zero-order valence-electron chi connectivity index (χ0n) is 14.0. The van der Waals surface area contributed by atoms with Gasteiger partial charge in [0.15, 0.2) is 0 Å². The highest BCUT2D eigenvalue weighted by Gasteiger charge is 2.37. The van der Waals surface area contributed by atoms with Gasteiger partial charge in [0.1, 0.15) is 5.82 Å². The van der Waals surface area contributed by atoms with Gasteiger partial charge in [0, 0.05) is 6.54 Å². The number of hydrogen-bond donors (Lipinski definition) is 2. The molecule has 0 heterocycles. The first-order valence-corrected chi connectivity index (χ1v) is 9.20. The van der Waals surface area contributed by atoms with Gasteiger partial charge in [0.25, 0.3) is 0 Å². The average molecular weight is 404 g/mol. The first-order chi connectivity index (χ1) is 12.5. The zero-order valence-corrected chi connectivity index (χ0v) is 14.9. The average Bonchev–Trinajstić information content (AvgIpc) is 2.60. The molecule has 2 N–H and O–H groups in total. The number of amides is 1. The van der Waals surface area contributed by atoms with E-state index in [1.54, 1.807) is 0 Å². The van der Waals surface area contributed by atoms with Gasteiger partial charge in [-0.1, -0.05) is 24.3 Å². The van der Waals surface area contributed by atoms with Crippen LogP contribution in [-0.2, 0) is 27.5 Å². The number of benzene rings is 2. The predicted molar refractivity (Wildman–Crippen MR) is 89.5 cm³/mol. The van der Waals surface area contributed by atoms with E-state index in [0.29, 0.717) is 11.6 Å². The van der Waals surface area contributed by atoms with Gasteiger partial charge in [-0.05, 0) is 36.8 Å². The Morgan fingerprint density at radius 3 is 2.26 bits per heavy atom. The van der Waals surface area contributed by atoms with Crippen molar-refractivity contribution in [1.82, 2.24) is 10.0 Å². The molecule has 1 amide bonds. The van der Waals surface area contributed by atoms with Crippen LogP contribution >= 0.6 is 0 Å². The van der Waals surface area contributed by atoms with Gasteiger partial charge in [0.05, 0.1) is 16.5 Å². The Hall–Kier alpha value is -2.46. The Kier molecular flexibility index (Phi) is 6.22. The summed E-state index contributed by atoms with van der Waals surface area (Å²) in [5, 5.41) is 2.43. The number of sulfonamides is 1. The summed E-state index contributed by atoms with van der Waals surface area (Å²) in [4.78, 5) is 11.1. The van der Waals surface area contributed by atoms with E-state index in [9.17, 15) is 30.8 Å². The van der Waals surface area contributed by atoms with Crippen LogP contribution in [0.3, 0.4) is 0 Å². The fourth-order valence-corrected chi connectivity index (χ4v) is 3.66. The molecule has 2 aromatic rings. The molecule has 0 saturated carbocycles. The molecule has 2 rings (SSSR count). The molecule has 0 spiro atoms. The molecule has 0 aliphatic rings. The maximum atomic E-state index is 13.0. The van der Waals surface area contributed by atoms with Gasteiger partial charge >= 0.3 is 6.18 Å². The van der Waals surface area contributed by atoms with Crippen molar-refractivity contribution in [1.29, 1.82) is 0 Å². The number of carbonyl (C=O) groups is 1. The predicted octanol–water partition coefficient (Wildman–Crippen LogP) is 2.83. The molecular formula is C17H16F4N2O3S. The Labute approximate surface area is 153 Å². The molecule has 27 heavy (non-hydrogen) atoms. The van der Waals surface area contributed by atoms with Crippen molar-refractivity contribution in [3.05, 3.63) is 65.5 Å². The summed E-state index contributed by atoms with van der Waals surface area (Å²) in [6.45, 7) is 1.21. The first kappa shape index (κ1) is 20.8. The normalized spacial score (nSPS) is 13.2. The standard InChI is InChI=1S/C17H16F4N2O3S/c1-11(16(24)22-10-12-6-8-13(18)9-7-12)23-27(25,26)15-5-3-2-4-14(15)17(19,20)21/h2-9,11,23H,10H2,1H3,(H,22,24)/t11-/m0/s1. The lowest BCUT2D eigenvalue weighted by molar-refractivity contribution is -0.139. The summed E-state index contributed by atoms with van der Waals surface area (Å²) in [5.41, 5.74) is -0.751. The lowest BCUT2D eigenvalue weighted by Crippen LogP contribution is -2.44. The summed E-state index contributed by atoms with van der Waals surface area (Å²) < 4.78 is 78.4.